The number of nitrogens with zero attached hydrogens (tertiary/aromatic N) is 2. The van der Waals surface area contributed by atoms with Crippen molar-refractivity contribution in [3.63, 3.8) is 0 Å². The van der Waals surface area contributed by atoms with Crippen molar-refractivity contribution in [2.75, 3.05) is 13.1 Å². The summed E-state index contributed by atoms with van der Waals surface area (Å²) in [7, 11) is 0. The number of ether oxygens (including phenoxy) is 1. The molecule has 6 nitrogen and oxygen atoms in total. The van der Waals surface area contributed by atoms with Crippen LogP contribution in [0.1, 0.15) is 55.0 Å². The first-order valence-corrected chi connectivity index (χ1v) is 10.3. The van der Waals surface area contributed by atoms with E-state index in [1.807, 2.05) is 6.20 Å². The fourth-order valence-corrected chi connectivity index (χ4v) is 4.47. The number of hydrogen-bond acceptors (Lipinski definition) is 4. The lowest BCUT2D eigenvalue weighted by Crippen LogP contribution is -2.44. The third-order valence-electron chi connectivity index (χ3n) is 5.75. The second kappa shape index (κ2) is 8.45. The van der Waals surface area contributed by atoms with Gasteiger partial charge in [-0.05, 0) is 49.8 Å². The number of nitrogens with one attached hydrogen (secondary N) is 2. The summed E-state index contributed by atoms with van der Waals surface area (Å²) in [4.78, 5) is 15.1. The maximum atomic E-state index is 12.6. The van der Waals surface area contributed by atoms with E-state index in [4.69, 9.17) is 4.74 Å². The van der Waals surface area contributed by atoms with Gasteiger partial charge in [-0.3, -0.25) is 14.8 Å². The normalized spacial score (nSPS) is 25.3. The molecule has 1 aromatic heterocycles. The standard InChI is InChI=1S/C22H30N4O2/c1-15-12-26(13-16(2)28-15)14-18-8-6-17(7-9-18)10-23-22(27)20-5-3-4-19-11-24-25-21(19)20/h6-9,11,15-16,20H,3-5,10,12-14H2,1-2H3,(H,23,27)(H,24,25)/t15-,16+,20-/m0/s1. The molecule has 2 aromatic rings. The molecule has 1 aromatic carbocycles. The molecule has 0 unspecified atom stereocenters. The van der Waals surface area contributed by atoms with Crippen molar-refractivity contribution >= 4 is 5.91 Å². The minimum atomic E-state index is -0.101. The topological polar surface area (TPSA) is 70.2 Å². The summed E-state index contributed by atoms with van der Waals surface area (Å²) in [6.07, 6.45) is 5.36. The molecule has 0 spiro atoms. The van der Waals surface area contributed by atoms with Gasteiger partial charge in [0.1, 0.15) is 0 Å². The molecule has 0 radical (unpaired) electrons. The Labute approximate surface area is 166 Å². The van der Waals surface area contributed by atoms with E-state index in [-0.39, 0.29) is 24.0 Å². The van der Waals surface area contributed by atoms with Crippen LogP contribution in [0.25, 0.3) is 0 Å². The molecule has 2 aliphatic rings. The quantitative estimate of drug-likeness (QED) is 0.834. The van der Waals surface area contributed by atoms with E-state index in [0.29, 0.717) is 6.54 Å². The minimum Gasteiger partial charge on any atom is -0.373 e. The fourth-order valence-electron chi connectivity index (χ4n) is 4.47. The number of rotatable bonds is 5. The molecule has 28 heavy (non-hydrogen) atoms. The van der Waals surface area contributed by atoms with Crippen LogP contribution in [0.3, 0.4) is 0 Å². The summed E-state index contributed by atoms with van der Waals surface area (Å²) >= 11 is 0. The van der Waals surface area contributed by atoms with Gasteiger partial charge in [-0.15, -0.1) is 0 Å². The molecule has 6 heteroatoms. The molecule has 0 bridgehead atoms. The molecule has 1 fully saturated rings. The highest BCUT2D eigenvalue weighted by Gasteiger charge is 2.28. The van der Waals surface area contributed by atoms with Gasteiger partial charge >= 0.3 is 0 Å². The zero-order chi connectivity index (χ0) is 19.5. The van der Waals surface area contributed by atoms with Gasteiger partial charge in [0, 0.05) is 26.2 Å². The molecule has 1 saturated heterocycles. The Bertz CT molecular complexity index is 791. The SMILES string of the molecule is C[C@@H]1CN(Cc2ccc(CNC(=O)[C@H]3CCCc4cn[nH]c43)cc2)C[C@H](C)O1. The third-order valence-corrected chi connectivity index (χ3v) is 5.75. The summed E-state index contributed by atoms with van der Waals surface area (Å²) in [5.74, 6) is -0.0126. The Balaban J connectivity index is 1.30. The van der Waals surface area contributed by atoms with Gasteiger partial charge in [-0.1, -0.05) is 24.3 Å². The van der Waals surface area contributed by atoms with E-state index in [0.717, 1.165) is 50.2 Å². The molecule has 3 atom stereocenters. The number of aromatic amines is 1. The molecule has 1 amide bonds. The van der Waals surface area contributed by atoms with E-state index in [1.165, 1.54) is 11.1 Å². The maximum absolute atomic E-state index is 12.6. The van der Waals surface area contributed by atoms with Gasteiger partial charge in [0.15, 0.2) is 0 Å². The highest BCUT2D eigenvalue weighted by molar-refractivity contribution is 5.83. The number of hydrogen-bond donors (Lipinski definition) is 2. The summed E-state index contributed by atoms with van der Waals surface area (Å²) in [6, 6.07) is 8.57. The van der Waals surface area contributed by atoms with Crippen LogP contribution in [0.15, 0.2) is 30.5 Å². The molecule has 2 N–H and O–H groups in total. The molecule has 1 aliphatic carbocycles. The zero-order valence-corrected chi connectivity index (χ0v) is 16.8. The van der Waals surface area contributed by atoms with Gasteiger partial charge in [0.2, 0.25) is 5.91 Å². The van der Waals surface area contributed by atoms with Crippen molar-refractivity contribution in [2.45, 2.75) is 64.3 Å². The molecular formula is C22H30N4O2. The van der Waals surface area contributed by atoms with Crippen LogP contribution in [0, 0.1) is 0 Å². The number of morpholine rings is 1. The first-order chi connectivity index (χ1) is 13.6. The van der Waals surface area contributed by atoms with Crippen LogP contribution in [0.4, 0.5) is 0 Å². The molecule has 150 valence electrons. The monoisotopic (exact) mass is 382 g/mol. The molecule has 4 rings (SSSR count). The average Bonchev–Trinajstić information content (AvgIpc) is 3.15. The van der Waals surface area contributed by atoms with Crippen molar-refractivity contribution in [2.24, 2.45) is 0 Å². The summed E-state index contributed by atoms with van der Waals surface area (Å²) in [5, 5.41) is 10.2. The van der Waals surface area contributed by atoms with Gasteiger partial charge in [0.05, 0.1) is 30.0 Å². The second-order valence-electron chi connectivity index (χ2n) is 8.24. The Hall–Kier alpha value is -2.18. The molecule has 1 aliphatic heterocycles. The maximum Gasteiger partial charge on any atom is 0.229 e. The predicted molar refractivity (Wildman–Crippen MR) is 108 cm³/mol. The number of aromatic nitrogens is 2. The Morgan fingerprint density at radius 2 is 1.93 bits per heavy atom. The average molecular weight is 383 g/mol. The number of fused-ring (bicyclic) bond motifs is 1. The van der Waals surface area contributed by atoms with E-state index in [2.05, 4.69) is 58.5 Å². The summed E-state index contributed by atoms with van der Waals surface area (Å²) in [5.41, 5.74) is 4.60. The van der Waals surface area contributed by atoms with Gasteiger partial charge < -0.3 is 10.1 Å². The molecule has 0 saturated carbocycles. The fraction of sp³-hybridized carbons (Fsp3) is 0.545. The van der Waals surface area contributed by atoms with Crippen molar-refractivity contribution < 1.29 is 9.53 Å². The Morgan fingerprint density at radius 1 is 1.21 bits per heavy atom. The van der Waals surface area contributed by atoms with Crippen LogP contribution in [-0.2, 0) is 29.0 Å². The minimum absolute atomic E-state index is 0.0885. The lowest BCUT2D eigenvalue weighted by Gasteiger charge is -2.35. The van der Waals surface area contributed by atoms with Crippen LogP contribution >= 0.6 is 0 Å². The number of H-pyrrole nitrogens is 1. The number of aryl methyl sites for hydroxylation is 1. The van der Waals surface area contributed by atoms with Crippen LogP contribution in [0.2, 0.25) is 0 Å². The van der Waals surface area contributed by atoms with Crippen molar-refractivity contribution in [3.05, 3.63) is 52.8 Å². The van der Waals surface area contributed by atoms with Crippen LogP contribution in [-0.4, -0.2) is 46.3 Å². The number of benzene rings is 1. The number of carbonyl (C=O) groups excluding carboxylic acids is 1. The first-order valence-electron chi connectivity index (χ1n) is 10.3. The Kier molecular flexibility index (Phi) is 5.78. The van der Waals surface area contributed by atoms with Gasteiger partial charge in [-0.2, -0.15) is 5.10 Å². The number of amides is 1. The van der Waals surface area contributed by atoms with E-state index in [9.17, 15) is 4.79 Å². The van der Waals surface area contributed by atoms with E-state index in [1.54, 1.807) is 0 Å². The third kappa shape index (κ3) is 4.45. The smallest absolute Gasteiger partial charge is 0.229 e. The van der Waals surface area contributed by atoms with E-state index < -0.39 is 0 Å². The lowest BCUT2D eigenvalue weighted by atomic mass is 9.87. The van der Waals surface area contributed by atoms with Crippen LogP contribution in [0.5, 0.6) is 0 Å². The first kappa shape index (κ1) is 19.2. The van der Waals surface area contributed by atoms with Gasteiger partial charge in [0.25, 0.3) is 0 Å². The predicted octanol–water partition coefficient (Wildman–Crippen LogP) is 2.76. The van der Waals surface area contributed by atoms with Crippen LogP contribution < -0.4 is 5.32 Å². The van der Waals surface area contributed by atoms with Gasteiger partial charge in [-0.25, -0.2) is 0 Å². The highest BCUT2D eigenvalue weighted by Crippen LogP contribution is 2.29. The summed E-state index contributed by atoms with van der Waals surface area (Å²) in [6.45, 7) is 7.71. The van der Waals surface area contributed by atoms with Crippen molar-refractivity contribution in [1.82, 2.24) is 20.4 Å². The zero-order valence-electron chi connectivity index (χ0n) is 16.8. The number of carbonyl (C=O) groups is 1. The molecular weight excluding hydrogens is 352 g/mol. The summed E-state index contributed by atoms with van der Waals surface area (Å²) < 4.78 is 5.81. The second-order valence-corrected chi connectivity index (χ2v) is 8.24. The highest BCUT2D eigenvalue weighted by atomic mass is 16.5. The molecule has 2 heterocycles. The van der Waals surface area contributed by atoms with Crippen molar-refractivity contribution in [3.8, 4) is 0 Å². The lowest BCUT2D eigenvalue weighted by molar-refractivity contribution is -0.123. The van der Waals surface area contributed by atoms with E-state index >= 15 is 0 Å². The Morgan fingerprint density at radius 3 is 2.68 bits per heavy atom. The largest absolute Gasteiger partial charge is 0.373 e. The van der Waals surface area contributed by atoms with Crippen molar-refractivity contribution in [1.29, 1.82) is 0 Å².